The summed E-state index contributed by atoms with van der Waals surface area (Å²) in [6, 6.07) is 21.0. The highest BCUT2D eigenvalue weighted by atomic mass is 16.5. The molecule has 168 valence electrons. The van der Waals surface area contributed by atoms with Crippen LogP contribution >= 0.6 is 0 Å². The Kier molecular flexibility index (Phi) is 4.80. The lowest BCUT2D eigenvalue weighted by Crippen LogP contribution is -2.44. The maximum absolute atomic E-state index is 13.2. The fourth-order valence-electron chi connectivity index (χ4n) is 4.13. The van der Waals surface area contributed by atoms with Crippen LogP contribution in [0.25, 0.3) is 11.1 Å². The fourth-order valence-corrected chi connectivity index (χ4v) is 4.13. The molecular formula is C30H25NO3. The summed E-state index contributed by atoms with van der Waals surface area (Å²) in [5, 5.41) is 0. The molecule has 4 heteroatoms. The summed E-state index contributed by atoms with van der Waals surface area (Å²) < 4.78 is 46.1. The maximum atomic E-state index is 13.2. The van der Waals surface area contributed by atoms with Crippen LogP contribution in [0.5, 0.6) is 0 Å². The zero-order valence-corrected chi connectivity index (χ0v) is 18.4. The molecule has 0 aliphatic carbocycles. The van der Waals surface area contributed by atoms with Crippen LogP contribution in [0.15, 0.2) is 109 Å². The summed E-state index contributed by atoms with van der Waals surface area (Å²) in [5.74, 6) is -0.723. The first-order chi connectivity index (χ1) is 18.8. The summed E-state index contributed by atoms with van der Waals surface area (Å²) in [6.45, 7) is 0.458. The third kappa shape index (κ3) is 4.54. The maximum Gasteiger partial charge on any atom is 0.261 e. The van der Waals surface area contributed by atoms with Gasteiger partial charge >= 0.3 is 0 Å². The van der Waals surface area contributed by atoms with Crippen molar-refractivity contribution in [1.82, 2.24) is 4.90 Å². The van der Waals surface area contributed by atoms with Gasteiger partial charge in [0.15, 0.2) is 0 Å². The first-order valence-corrected chi connectivity index (χ1v) is 11.0. The Labute approximate surface area is 206 Å². The van der Waals surface area contributed by atoms with Crippen LogP contribution in [-0.2, 0) is 17.8 Å². The summed E-state index contributed by atoms with van der Waals surface area (Å²) in [5.41, 5.74) is 3.11. The average Bonchev–Trinajstić information content (AvgIpc) is 3.21. The van der Waals surface area contributed by atoms with Gasteiger partial charge in [0, 0.05) is 0 Å². The number of carbonyl (C=O) groups excluding carboxylic acids is 2. The van der Waals surface area contributed by atoms with E-state index in [0.29, 0.717) is 29.7 Å². The van der Waals surface area contributed by atoms with E-state index in [0.717, 1.165) is 11.1 Å². The number of hydrogen-bond donors (Lipinski definition) is 0. The Morgan fingerprint density at radius 1 is 0.706 bits per heavy atom. The minimum atomic E-state index is -0.576. The normalized spacial score (nSPS) is 15.8. The van der Waals surface area contributed by atoms with Gasteiger partial charge in [-0.25, -0.2) is 0 Å². The summed E-state index contributed by atoms with van der Waals surface area (Å²) in [6.07, 6.45) is 0.320. The van der Waals surface area contributed by atoms with Crippen LogP contribution in [0.4, 0.5) is 0 Å². The van der Waals surface area contributed by atoms with Crippen molar-refractivity contribution in [2.24, 2.45) is 0 Å². The van der Waals surface area contributed by atoms with Crippen molar-refractivity contribution in [2.45, 2.75) is 19.1 Å². The standard InChI is InChI=1S/C30H25NO3/c32-29-27-13-7-8-14-28(27)30(33)31(29)26(21-34-20-23-9-3-1-4-10-23)19-22-15-17-25(18-16-22)24-11-5-2-6-12-24/h1-18,26H,19-21H2/t26-/m1/s1/i2D,5D,6D,11D,12D. The van der Waals surface area contributed by atoms with Crippen molar-refractivity contribution in [3.63, 3.8) is 0 Å². The molecule has 0 spiro atoms. The molecule has 0 saturated carbocycles. The number of amides is 2. The summed E-state index contributed by atoms with van der Waals surface area (Å²) in [7, 11) is 0. The zero-order chi connectivity index (χ0) is 27.7. The summed E-state index contributed by atoms with van der Waals surface area (Å²) >= 11 is 0. The molecule has 1 atom stereocenters. The summed E-state index contributed by atoms with van der Waals surface area (Å²) in [4.78, 5) is 27.7. The fraction of sp³-hybridized carbons (Fsp3) is 0.133. The van der Waals surface area contributed by atoms with Crippen molar-refractivity contribution >= 4 is 11.8 Å². The molecule has 4 aromatic rings. The zero-order valence-electron chi connectivity index (χ0n) is 23.4. The van der Waals surface area contributed by atoms with Crippen LogP contribution in [0, 0.1) is 0 Å². The molecule has 0 saturated heterocycles. The Morgan fingerprint density at radius 2 is 1.32 bits per heavy atom. The van der Waals surface area contributed by atoms with Crippen LogP contribution < -0.4 is 0 Å². The molecule has 1 aliphatic heterocycles. The molecule has 0 fully saturated rings. The van der Waals surface area contributed by atoms with E-state index >= 15 is 0 Å². The molecule has 1 heterocycles. The van der Waals surface area contributed by atoms with Gasteiger partial charge in [0.25, 0.3) is 11.8 Å². The van der Waals surface area contributed by atoms with E-state index in [-0.39, 0.29) is 36.1 Å². The lowest BCUT2D eigenvalue weighted by molar-refractivity contribution is 0.0364. The topological polar surface area (TPSA) is 46.6 Å². The van der Waals surface area contributed by atoms with E-state index in [1.54, 1.807) is 48.5 Å². The Morgan fingerprint density at radius 3 is 1.97 bits per heavy atom. The van der Waals surface area contributed by atoms with Crippen LogP contribution in [0.1, 0.15) is 38.7 Å². The molecule has 0 N–H and O–H groups in total. The first-order valence-electron chi connectivity index (χ1n) is 13.5. The van der Waals surface area contributed by atoms with E-state index in [4.69, 9.17) is 11.6 Å². The molecular weight excluding hydrogens is 422 g/mol. The highest BCUT2D eigenvalue weighted by Crippen LogP contribution is 2.27. The number of nitrogens with zero attached hydrogens (tertiary/aromatic N) is 1. The number of imide groups is 1. The number of benzene rings is 4. The molecule has 0 radical (unpaired) electrons. The molecule has 0 aromatic heterocycles. The van der Waals surface area contributed by atoms with E-state index in [1.165, 1.54) is 4.90 Å². The number of rotatable bonds is 8. The molecule has 34 heavy (non-hydrogen) atoms. The highest BCUT2D eigenvalue weighted by Gasteiger charge is 2.39. The second-order valence-corrected chi connectivity index (χ2v) is 8.08. The number of fused-ring (bicyclic) bond motifs is 1. The van der Waals surface area contributed by atoms with Crippen LogP contribution in [-0.4, -0.2) is 29.4 Å². The van der Waals surface area contributed by atoms with Gasteiger partial charge in [-0.2, -0.15) is 0 Å². The predicted octanol–water partition coefficient (Wildman–Crippen LogP) is 5.78. The lowest BCUT2D eigenvalue weighted by Gasteiger charge is -2.26. The number of carbonyl (C=O) groups is 2. The van der Waals surface area contributed by atoms with Gasteiger partial charge in [-0.05, 0) is 40.8 Å². The quantitative estimate of drug-likeness (QED) is 0.319. The molecule has 4 aromatic carbocycles. The number of ether oxygens (including phenoxy) is 1. The van der Waals surface area contributed by atoms with Crippen LogP contribution in [0.2, 0.25) is 0 Å². The lowest BCUT2D eigenvalue weighted by atomic mass is 10.00. The SMILES string of the molecule is [2H]c1c([2H])c([2H])c(-c2ccc(C[C@H](COCc3ccccc3)N3C(=O)c4ccccc4C3=O)cc2)c([2H])c1[2H]. The second kappa shape index (κ2) is 9.86. The molecule has 1 aliphatic rings. The van der Waals surface area contributed by atoms with Crippen molar-refractivity contribution in [1.29, 1.82) is 0 Å². The molecule has 0 bridgehead atoms. The van der Waals surface area contributed by atoms with Gasteiger partial charge in [0.05, 0.1) is 37.2 Å². The second-order valence-electron chi connectivity index (χ2n) is 8.08. The average molecular weight is 453 g/mol. The Hall–Kier alpha value is -4.02. The smallest absolute Gasteiger partial charge is 0.261 e. The van der Waals surface area contributed by atoms with Gasteiger partial charge in [-0.3, -0.25) is 14.5 Å². The van der Waals surface area contributed by atoms with Crippen molar-refractivity contribution in [3.8, 4) is 11.1 Å². The van der Waals surface area contributed by atoms with E-state index in [1.807, 2.05) is 30.3 Å². The first kappa shape index (κ1) is 16.6. The molecule has 2 amide bonds. The largest absolute Gasteiger partial charge is 0.375 e. The molecule has 5 rings (SSSR count). The van der Waals surface area contributed by atoms with Crippen molar-refractivity contribution in [3.05, 3.63) is 131 Å². The molecule has 0 unspecified atom stereocenters. The van der Waals surface area contributed by atoms with Gasteiger partial charge in [-0.1, -0.05) is 96.9 Å². The molecule has 4 nitrogen and oxygen atoms in total. The Bertz CT molecular complexity index is 1490. The van der Waals surface area contributed by atoms with Crippen molar-refractivity contribution in [2.75, 3.05) is 6.61 Å². The van der Waals surface area contributed by atoms with Gasteiger partial charge < -0.3 is 4.74 Å². The Balaban J connectivity index is 1.41. The highest BCUT2D eigenvalue weighted by molar-refractivity contribution is 6.21. The number of hydrogen-bond acceptors (Lipinski definition) is 3. The van der Waals surface area contributed by atoms with E-state index in [9.17, 15) is 9.59 Å². The van der Waals surface area contributed by atoms with Crippen molar-refractivity contribution < 1.29 is 21.2 Å². The van der Waals surface area contributed by atoms with Gasteiger partial charge in [0.1, 0.15) is 0 Å². The monoisotopic (exact) mass is 452 g/mol. The van der Waals surface area contributed by atoms with E-state index in [2.05, 4.69) is 0 Å². The third-order valence-corrected chi connectivity index (χ3v) is 5.83. The van der Waals surface area contributed by atoms with Gasteiger partial charge in [0.2, 0.25) is 0 Å². The minimum Gasteiger partial charge on any atom is -0.375 e. The van der Waals surface area contributed by atoms with Crippen LogP contribution in [0.3, 0.4) is 0 Å². The third-order valence-electron chi connectivity index (χ3n) is 5.83. The predicted molar refractivity (Wildman–Crippen MR) is 132 cm³/mol. The van der Waals surface area contributed by atoms with E-state index < -0.39 is 24.2 Å². The van der Waals surface area contributed by atoms with Gasteiger partial charge in [-0.15, -0.1) is 0 Å². The minimum absolute atomic E-state index is 0.121.